The number of aliphatic hydroxyl groups is 2. The van der Waals surface area contributed by atoms with E-state index in [1.54, 1.807) is 6.20 Å². The number of fused-ring (bicyclic) bond motifs is 1. The van der Waals surface area contributed by atoms with Gasteiger partial charge in [-0.3, -0.25) is 4.57 Å². The first kappa shape index (κ1) is 14.3. The minimum atomic E-state index is -1.01. The SMILES string of the molecule is O[C@H]1CO[C@@H](O)C(c2nc3ncncc3n2-c2ccccc2)C1. The van der Waals surface area contributed by atoms with Crippen molar-refractivity contribution in [3.63, 3.8) is 0 Å². The first-order chi connectivity index (χ1) is 11.2. The van der Waals surface area contributed by atoms with Gasteiger partial charge in [-0.25, -0.2) is 15.0 Å². The molecule has 1 unspecified atom stereocenters. The summed E-state index contributed by atoms with van der Waals surface area (Å²) in [5.41, 5.74) is 2.19. The van der Waals surface area contributed by atoms with Crippen molar-refractivity contribution in [2.45, 2.75) is 24.7 Å². The maximum Gasteiger partial charge on any atom is 0.181 e. The zero-order chi connectivity index (χ0) is 15.8. The predicted octanol–water partition coefficient (Wildman–Crippen LogP) is 0.999. The molecule has 2 N–H and O–H groups in total. The molecular weight excluding hydrogens is 296 g/mol. The third kappa shape index (κ3) is 2.48. The molecule has 0 aliphatic carbocycles. The molecule has 2 aromatic heterocycles. The Morgan fingerprint density at radius 2 is 2.00 bits per heavy atom. The first-order valence-corrected chi connectivity index (χ1v) is 7.45. The van der Waals surface area contributed by atoms with Gasteiger partial charge in [-0.05, 0) is 18.6 Å². The van der Waals surface area contributed by atoms with Crippen molar-refractivity contribution in [2.24, 2.45) is 0 Å². The molecule has 1 aliphatic rings. The summed E-state index contributed by atoms with van der Waals surface area (Å²) < 4.78 is 7.17. The molecule has 0 bridgehead atoms. The van der Waals surface area contributed by atoms with Crippen LogP contribution in [0.1, 0.15) is 18.2 Å². The Labute approximate surface area is 132 Å². The number of hydrogen-bond donors (Lipinski definition) is 2. The van der Waals surface area contributed by atoms with Gasteiger partial charge in [0.25, 0.3) is 0 Å². The molecule has 7 nitrogen and oxygen atoms in total. The van der Waals surface area contributed by atoms with Gasteiger partial charge in [0.15, 0.2) is 11.9 Å². The highest BCUT2D eigenvalue weighted by Gasteiger charge is 2.34. The minimum Gasteiger partial charge on any atom is -0.391 e. The molecule has 0 spiro atoms. The third-order valence-electron chi connectivity index (χ3n) is 4.04. The quantitative estimate of drug-likeness (QED) is 0.733. The van der Waals surface area contributed by atoms with E-state index in [-0.39, 0.29) is 6.61 Å². The van der Waals surface area contributed by atoms with Crippen LogP contribution in [0, 0.1) is 0 Å². The van der Waals surface area contributed by atoms with E-state index in [9.17, 15) is 10.2 Å². The molecule has 0 radical (unpaired) electrons. The van der Waals surface area contributed by atoms with Crippen molar-refractivity contribution in [1.82, 2.24) is 19.5 Å². The highest BCUT2D eigenvalue weighted by atomic mass is 16.6. The van der Waals surface area contributed by atoms with E-state index in [1.807, 2.05) is 34.9 Å². The lowest BCUT2D eigenvalue weighted by atomic mass is 9.97. The Morgan fingerprint density at radius 1 is 1.17 bits per heavy atom. The Morgan fingerprint density at radius 3 is 2.83 bits per heavy atom. The number of para-hydroxylation sites is 1. The highest BCUT2D eigenvalue weighted by Crippen LogP contribution is 2.33. The summed E-state index contributed by atoms with van der Waals surface area (Å²) in [5, 5.41) is 20.1. The normalized spacial score (nSPS) is 24.9. The van der Waals surface area contributed by atoms with E-state index < -0.39 is 18.3 Å². The standard InChI is InChI=1S/C16H16N4O3/c21-11-6-12(16(22)23-8-11)15-19-14-13(7-17-9-18-14)20(15)10-4-2-1-3-5-10/h1-5,7,9,11-12,16,21-22H,6,8H2/t11-,12?,16-/m1/s1. The lowest BCUT2D eigenvalue weighted by Gasteiger charge is -2.30. The van der Waals surface area contributed by atoms with Crippen LogP contribution in [0.4, 0.5) is 0 Å². The number of nitrogens with zero attached hydrogens (tertiary/aromatic N) is 4. The van der Waals surface area contributed by atoms with E-state index in [2.05, 4.69) is 15.0 Å². The molecular formula is C16H16N4O3. The second-order valence-corrected chi connectivity index (χ2v) is 5.59. The first-order valence-electron chi connectivity index (χ1n) is 7.45. The fraction of sp³-hybridized carbons (Fsp3) is 0.312. The molecule has 4 rings (SSSR count). The molecule has 1 saturated heterocycles. The summed E-state index contributed by atoms with van der Waals surface area (Å²) in [7, 11) is 0. The molecule has 3 aromatic rings. The number of aromatic nitrogens is 4. The van der Waals surface area contributed by atoms with E-state index in [0.717, 1.165) is 11.2 Å². The van der Waals surface area contributed by atoms with E-state index in [0.29, 0.717) is 17.9 Å². The van der Waals surface area contributed by atoms with Crippen molar-refractivity contribution in [3.8, 4) is 5.69 Å². The molecule has 1 fully saturated rings. The second-order valence-electron chi connectivity index (χ2n) is 5.59. The molecule has 0 saturated carbocycles. The molecule has 7 heteroatoms. The number of aliphatic hydroxyl groups excluding tert-OH is 2. The van der Waals surface area contributed by atoms with Crippen molar-refractivity contribution in [2.75, 3.05) is 6.61 Å². The van der Waals surface area contributed by atoms with Gasteiger partial charge >= 0.3 is 0 Å². The average Bonchev–Trinajstić information content (AvgIpc) is 2.97. The van der Waals surface area contributed by atoms with Gasteiger partial charge in [0, 0.05) is 5.69 Å². The van der Waals surface area contributed by atoms with Crippen molar-refractivity contribution < 1.29 is 14.9 Å². The van der Waals surface area contributed by atoms with Crippen LogP contribution in [-0.4, -0.2) is 48.7 Å². The Hall–Kier alpha value is -2.35. The van der Waals surface area contributed by atoms with Gasteiger partial charge in [0.1, 0.15) is 17.7 Å². The fourth-order valence-corrected chi connectivity index (χ4v) is 2.98. The van der Waals surface area contributed by atoms with Crippen molar-refractivity contribution in [3.05, 3.63) is 48.7 Å². The lowest BCUT2D eigenvalue weighted by Crippen LogP contribution is -2.36. The smallest absolute Gasteiger partial charge is 0.181 e. The van der Waals surface area contributed by atoms with Crippen LogP contribution in [-0.2, 0) is 4.74 Å². The summed E-state index contributed by atoms with van der Waals surface area (Å²) in [4.78, 5) is 12.8. The van der Waals surface area contributed by atoms with Gasteiger partial charge in [-0.15, -0.1) is 0 Å². The zero-order valence-electron chi connectivity index (χ0n) is 12.3. The average molecular weight is 312 g/mol. The third-order valence-corrected chi connectivity index (χ3v) is 4.04. The van der Waals surface area contributed by atoms with Crippen LogP contribution >= 0.6 is 0 Å². The van der Waals surface area contributed by atoms with Gasteiger partial charge in [0.2, 0.25) is 0 Å². The van der Waals surface area contributed by atoms with Crippen molar-refractivity contribution in [1.29, 1.82) is 0 Å². The van der Waals surface area contributed by atoms with Crippen LogP contribution in [0.2, 0.25) is 0 Å². The Bertz CT molecular complexity index is 821. The summed E-state index contributed by atoms with van der Waals surface area (Å²) >= 11 is 0. The molecule has 0 amide bonds. The molecule has 3 atom stereocenters. The highest BCUT2D eigenvalue weighted by molar-refractivity contribution is 5.73. The monoisotopic (exact) mass is 312 g/mol. The molecule has 23 heavy (non-hydrogen) atoms. The molecule has 3 heterocycles. The minimum absolute atomic E-state index is 0.128. The van der Waals surface area contributed by atoms with Gasteiger partial charge in [-0.1, -0.05) is 18.2 Å². The summed E-state index contributed by atoms with van der Waals surface area (Å²) in [6, 6.07) is 9.68. The second kappa shape index (κ2) is 5.69. The van der Waals surface area contributed by atoms with Crippen LogP contribution in [0.25, 0.3) is 16.9 Å². The van der Waals surface area contributed by atoms with Crippen LogP contribution in [0.5, 0.6) is 0 Å². The van der Waals surface area contributed by atoms with Gasteiger partial charge in [-0.2, -0.15) is 0 Å². The number of ether oxygens (including phenoxy) is 1. The number of imidazole rings is 1. The summed E-state index contributed by atoms with van der Waals surface area (Å²) in [6.07, 6.45) is 1.88. The molecule has 118 valence electrons. The van der Waals surface area contributed by atoms with E-state index in [1.165, 1.54) is 6.33 Å². The maximum atomic E-state index is 10.2. The lowest BCUT2D eigenvalue weighted by molar-refractivity contribution is -0.170. The van der Waals surface area contributed by atoms with Crippen LogP contribution in [0.3, 0.4) is 0 Å². The van der Waals surface area contributed by atoms with E-state index in [4.69, 9.17) is 4.74 Å². The Balaban J connectivity index is 1.92. The van der Waals surface area contributed by atoms with Crippen LogP contribution in [0.15, 0.2) is 42.9 Å². The number of hydrogen-bond acceptors (Lipinski definition) is 6. The van der Waals surface area contributed by atoms with Gasteiger partial charge in [0.05, 0.1) is 24.8 Å². The number of benzene rings is 1. The summed E-state index contributed by atoms with van der Waals surface area (Å²) in [6.45, 7) is 0.128. The maximum absolute atomic E-state index is 10.2. The summed E-state index contributed by atoms with van der Waals surface area (Å²) in [5.74, 6) is 0.172. The molecule has 1 aromatic carbocycles. The number of rotatable bonds is 2. The molecule has 1 aliphatic heterocycles. The van der Waals surface area contributed by atoms with Gasteiger partial charge < -0.3 is 14.9 Å². The fourth-order valence-electron chi connectivity index (χ4n) is 2.98. The topological polar surface area (TPSA) is 93.3 Å². The zero-order valence-corrected chi connectivity index (χ0v) is 12.3. The van der Waals surface area contributed by atoms with Crippen LogP contribution < -0.4 is 0 Å². The van der Waals surface area contributed by atoms with E-state index >= 15 is 0 Å². The predicted molar refractivity (Wildman–Crippen MR) is 82.0 cm³/mol. The Kier molecular flexibility index (Phi) is 3.53. The van der Waals surface area contributed by atoms with Crippen molar-refractivity contribution >= 4 is 11.2 Å². The largest absolute Gasteiger partial charge is 0.391 e.